The molecular weight excluding hydrogens is 655 g/mol. The number of hydrogen-bond donors (Lipinski definition) is 0. The van der Waals surface area contributed by atoms with Crippen LogP contribution in [0.2, 0.25) is 0 Å². The molecule has 246 valence electrons. The SMILES string of the molecule is c1ccc(-c2nc3c(N(c4ccccc4)c4cccc5c4sc4ccccc45)cc(N(c4ccccc4)c4cccc5ccccc45)cc3o2)cc1. The van der Waals surface area contributed by atoms with Gasteiger partial charge in [0, 0.05) is 43.9 Å². The molecule has 0 saturated heterocycles. The fourth-order valence-electron chi connectivity index (χ4n) is 7.30. The summed E-state index contributed by atoms with van der Waals surface area (Å²) in [6.45, 7) is 0. The molecule has 2 heterocycles. The summed E-state index contributed by atoms with van der Waals surface area (Å²) in [4.78, 5) is 9.94. The Morgan fingerprint density at radius 1 is 0.442 bits per heavy atom. The van der Waals surface area contributed by atoms with Gasteiger partial charge in [0.15, 0.2) is 5.58 Å². The van der Waals surface area contributed by atoms with Gasteiger partial charge in [-0.15, -0.1) is 11.3 Å². The lowest BCUT2D eigenvalue weighted by Crippen LogP contribution is -2.14. The number of hydrogen-bond acceptors (Lipinski definition) is 5. The molecule has 5 heteroatoms. The molecule has 2 aromatic heterocycles. The lowest BCUT2D eigenvalue weighted by atomic mass is 10.1. The van der Waals surface area contributed by atoms with E-state index in [2.05, 4.69) is 168 Å². The quantitative estimate of drug-likeness (QED) is 0.167. The average Bonchev–Trinajstić information content (AvgIpc) is 3.82. The van der Waals surface area contributed by atoms with Crippen LogP contribution in [0.15, 0.2) is 192 Å². The van der Waals surface area contributed by atoms with Crippen LogP contribution in [0.1, 0.15) is 0 Å². The van der Waals surface area contributed by atoms with Crippen molar-refractivity contribution in [3.8, 4) is 11.5 Å². The van der Waals surface area contributed by atoms with Gasteiger partial charge >= 0.3 is 0 Å². The molecule has 0 aliphatic carbocycles. The van der Waals surface area contributed by atoms with Crippen LogP contribution in [0.4, 0.5) is 34.1 Å². The highest BCUT2D eigenvalue weighted by atomic mass is 32.1. The first-order valence-electron chi connectivity index (χ1n) is 17.4. The van der Waals surface area contributed by atoms with Gasteiger partial charge in [0.2, 0.25) is 5.89 Å². The summed E-state index contributed by atoms with van der Waals surface area (Å²) in [5.74, 6) is 0.582. The lowest BCUT2D eigenvalue weighted by Gasteiger charge is -2.30. The van der Waals surface area contributed by atoms with Crippen LogP contribution in [-0.2, 0) is 0 Å². The van der Waals surface area contributed by atoms with Crippen molar-refractivity contribution >= 4 is 87.5 Å². The third kappa shape index (κ3) is 5.10. The van der Waals surface area contributed by atoms with E-state index in [4.69, 9.17) is 9.40 Å². The van der Waals surface area contributed by atoms with E-state index >= 15 is 0 Å². The normalized spacial score (nSPS) is 11.5. The van der Waals surface area contributed by atoms with Crippen LogP contribution in [0.25, 0.3) is 53.5 Å². The highest BCUT2D eigenvalue weighted by Gasteiger charge is 2.26. The summed E-state index contributed by atoms with van der Waals surface area (Å²) in [5, 5.41) is 4.83. The Morgan fingerprint density at radius 3 is 1.83 bits per heavy atom. The van der Waals surface area contributed by atoms with Gasteiger partial charge in [-0.25, -0.2) is 4.98 Å². The van der Waals surface area contributed by atoms with Crippen LogP contribution >= 0.6 is 11.3 Å². The molecule has 0 amide bonds. The maximum atomic E-state index is 6.74. The average molecular weight is 686 g/mol. The first-order valence-corrected chi connectivity index (χ1v) is 18.2. The van der Waals surface area contributed by atoms with Crippen molar-refractivity contribution in [3.63, 3.8) is 0 Å². The number of anilines is 6. The monoisotopic (exact) mass is 685 g/mol. The number of oxazole rings is 1. The summed E-state index contributed by atoms with van der Waals surface area (Å²) in [6.07, 6.45) is 0. The first-order chi connectivity index (χ1) is 25.8. The summed E-state index contributed by atoms with van der Waals surface area (Å²) in [7, 11) is 0. The van der Waals surface area contributed by atoms with Crippen molar-refractivity contribution in [2.75, 3.05) is 9.80 Å². The summed E-state index contributed by atoms with van der Waals surface area (Å²) in [6, 6.07) is 66.1. The molecule has 10 aromatic rings. The van der Waals surface area contributed by atoms with Gasteiger partial charge in [0.1, 0.15) is 5.52 Å². The van der Waals surface area contributed by atoms with Crippen LogP contribution in [-0.4, -0.2) is 4.98 Å². The molecule has 8 aromatic carbocycles. The molecule has 0 bridgehead atoms. The molecule has 0 atom stereocenters. The number of rotatable bonds is 7. The zero-order chi connectivity index (χ0) is 34.4. The van der Waals surface area contributed by atoms with Crippen LogP contribution in [0.5, 0.6) is 0 Å². The van der Waals surface area contributed by atoms with Crippen molar-refractivity contribution in [2.45, 2.75) is 0 Å². The first kappa shape index (κ1) is 30.2. The smallest absolute Gasteiger partial charge is 0.227 e. The highest BCUT2D eigenvalue weighted by molar-refractivity contribution is 7.26. The second kappa shape index (κ2) is 12.6. The molecule has 0 radical (unpaired) electrons. The molecule has 4 nitrogen and oxygen atoms in total. The minimum Gasteiger partial charge on any atom is -0.436 e. The van der Waals surface area contributed by atoms with Gasteiger partial charge in [-0.3, -0.25) is 0 Å². The number of para-hydroxylation sites is 2. The second-order valence-electron chi connectivity index (χ2n) is 12.8. The predicted molar refractivity (Wildman–Crippen MR) is 219 cm³/mol. The lowest BCUT2D eigenvalue weighted by molar-refractivity contribution is 0.620. The molecule has 0 aliphatic rings. The second-order valence-corrected chi connectivity index (χ2v) is 13.8. The minimum absolute atomic E-state index is 0.582. The Balaban J connectivity index is 1.30. The Morgan fingerprint density at radius 2 is 1.04 bits per heavy atom. The van der Waals surface area contributed by atoms with E-state index in [9.17, 15) is 0 Å². The predicted octanol–water partition coefficient (Wildman–Crippen LogP) is 14.0. The highest BCUT2D eigenvalue weighted by Crippen LogP contribution is 2.49. The van der Waals surface area contributed by atoms with Gasteiger partial charge < -0.3 is 14.2 Å². The molecule has 0 N–H and O–H groups in total. The van der Waals surface area contributed by atoms with E-state index in [0.29, 0.717) is 11.5 Å². The van der Waals surface area contributed by atoms with Crippen molar-refractivity contribution in [1.82, 2.24) is 4.98 Å². The number of thiophene rings is 1. The molecular formula is C47H31N3OS. The number of aromatic nitrogens is 1. The van der Waals surface area contributed by atoms with Crippen molar-refractivity contribution in [2.24, 2.45) is 0 Å². The standard InChI is InChI=1S/C47H31N3OS/c1-4-17-33(18-5-1)47-48-45-42(50(35-22-8-3-9-23-35)41-28-15-26-39-38-25-12-13-29-44(38)52-46(39)41)30-36(31-43(45)51-47)49(34-20-6-2-7-21-34)40-27-14-19-32-16-10-11-24-37(32)40/h1-31H. The largest absolute Gasteiger partial charge is 0.436 e. The van der Waals surface area contributed by atoms with Crippen molar-refractivity contribution < 1.29 is 4.42 Å². The number of nitrogens with zero attached hydrogens (tertiary/aromatic N) is 3. The molecule has 0 spiro atoms. The van der Waals surface area contributed by atoms with Crippen molar-refractivity contribution in [1.29, 1.82) is 0 Å². The Labute approximate surface area is 305 Å². The Bertz CT molecular complexity index is 2860. The summed E-state index contributed by atoms with van der Waals surface area (Å²) < 4.78 is 9.22. The summed E-state index contributed by atoms with van der Waals surface area (Å²) in [5.41, 5.74) is 8.56. The van der Waals surface area contributed by atoms with Gasteiger partial charge in [0.05, 0.1) is 27.4 Å². The van der Waals surface area contributed by atoms with Crippen LogP contribution in [0.3, 0.4) is 0 Å². The van der Waals surface area contributed by atoms with E-state index in [1.165, 1.54) is 25.6 Å². The zero-order valence-electron chi connectivity index (χ0n) is 28.1. The molecule has 10 rings (SSSR count). The topological polar surface area (TPSA) is 32.5 Å². The minimum atomic E-state index is 0.582. The fraction of sp³-hybridized carbons (Fsp3) is 0. The van der Waals surface area contributed by atoms with Gasteiger partial charge in [-0.05, 0) is 66.0 Å². The Hall–Kier alpha value is -6.69. The van der Waals surface area contributed by atoms with E-state index in [1.54, 1.807) is 0 Å². The van der Waals surface area contributed by atoms with Crippen LogP contribution in [0, 0.1) is 0 Å². The third-order valence-corrected chi connectivity index (χ3v) is 10.8. The van der Waals surface area contributed by atoms with Gasteiger partial charge in [-0.2, -0.15) is 0 Å². The number of benzene rings is 8. The van der Waals surface area contributed by atoms with Crippen molar-refractivity contribution in [3.05, 3.63) is 188 Å². The maximum Gasteiger partial charge on any atom is 0.227 e. The van der Waals surface area contributed by atoms with Crippen LogP contribution < -0.4 is 9.80 Å². The third-order valence-electron chi connectivity index (χ3n) is 9.64. The molecule has 0 aliphatic heterocycles. The van der Waals surface area contributed by atoms with E-state index < -0.39 is 0 Å². The van der Waals surface area contributed by atoms with E-state index in [1.807, 2.05) is 41.7 Å². The van der Waals surface area contributed by atoms with Gasteiger partial charge in [0.25, 0.3) is 0 Å². The molecule has 52 heavy (non-hydrogen) atoms. The maximum absolute atomic E-state index is 6.74. The fourth-order valence-corrected chi connectivity index (χ4v) is 8.51. The Kier molecular flexibility index (Phi) is 7.29. The molecule has 0 saturated carbocycles. The van der Waals surface area contributed by atoms with Gasteiger partial charge in [-0.1, -0.05) is 121 Å². The molecule has 0 unspecified atom stereocenters. The van der Waals surface area contributed by atoms with E-state index in [-0.39, 0.29) is 0 Å². The zero-order valence-corrected chi connectivity index (χ0v) is 28.9. The van der Waals surface area contributed by atoms with E-state index in [0.717, 1.165) is 50.6 Å². The molecule has 0 fully saturated rings. The number of fused-ring (bicyclic) bond motifs is 5. The summed E-state index contributed by atoms with van der Waals surface area (Å²) >= 11 is 1.82.